The summed E-state index contributed by atoms with van der Waals surface area (Å²) < 4.78 is 6.55. The molecular weight excluding hydrogens is 340 g/mol. The first kappa shape index (κ1) is 18.6. The number of phenols is 1. The summed E-state index contributed by atoms with van der Waals surface area (Å²) in [4.78, 5) is 11.6. The molecule has 0 spiro atoms. The molecule has 2 N–H and O–H groups in total. The normalized spacial score (nSPS) is 36.8. The van der Waals surface area contributed by atoms with Gasteiger partial charge >= 0.3 is 5.97 Å². The van der Waals surface area contributed by atoms with E-state index in [0.717, 1.165) is 6.42 Å². The Labute approximate surface area is 161 Å². The quantitative estimate of drug-likeness (QED) is 0.699. The summed E-state index contributed by atoms with van der Waals surface area (Å²) in [5.41, 5.74) is 1.46. The van der Waals surface area contributed by atoms with Gasteiger partial charge in [-0.3, -0.25) is 0 Å². The van der Waals surface area contributed by atoms with Gasteiger partial charge in [-0.25, -0.2) is 4.79 Å². The van der Waals surface area contributed by atoms with E-state index in [4.69, 9.17) is 4.74 Å². The van der Waals surface area contributed by atoms with E-state index in [-0.39, 0.29) is 28.2 Å². The van der Waals surface area contributed by atoms with Crippen LogP contribution in [0.2, 0.25) is 0 Å². The molecule has 0 radical (unpaired) electrons. The lowest BCUT2D eigenvalue weighted by molar-refractivity contribution is -0.162. The fourth-order valence-electron chi connectivity index (χ4n) is 7.00. The van der Waals surface area contributed by atoms with Crippen molar-refractivity contribution in [2.45, 2.75) is 78.7 Å². The fourth-order valence-corrected chi connectivity index (χ4v) is 7.00. The Balaban J connectivity index is 1.83. The van der Waals surface area contributed by atoms with Gasteiger partial charge in [0.15, 0.2) is 0 Å². The van der Waals surface area contributed by atoms with Crippen molar-refractivity contribution < 1.29 is 19.7 Å². The summed E-state index contributed by atoms with van der Waals surface area (Å²) in [5.74, 6) is 0.415. The molecule has 148 valence electrons. The summed E-state index contributed by atoms with van der Waals surface area (Å²) >= 11 is 0. The molecule has 1 aromatic carbocycles. The molecule has 4 atom stereocenters. The Morgan fingerprint density at radius 3 is 2.52 bits per heavy atom. The third kappa shape index (κ3) is 2.51. The summed E-state index contributed by atoms with van der Waals surface area (Å²) in [6, 6.07) is 1.80. The van der Waals surface area contributed by atoms with Crippen molar-refractivity contribution >= 4 is 5.97 Å². The van der Waals surface area contributed by atoms with Crippen LogP contribution in [0.25, 0.3) is 0 Å². The van der Waals surface area contributed by atoms with E-state index in [1.807, 2.05) is 0 Å². The molecule has 0 saturated heterocycles. The van der Waals surface area contributed by atoms with Gasteiger partial charge < -0.3 is 14.9 Å². The number of aromatic hydroxyl groups is 1. The molecule has 2 fully saturated rings. The largest absolute Gasteiger partial charge is 0.507 e. The third-order valence-electron chi connectivity index (χ3n) is 8.27. The lowest BCUT2D eigenvalue weighted by Crippen LogP contribution is -2.61. The first-order valence-electron chi connectivity index (χ1n) is 10.3. The van der Waals surface area contributed by atoms with E-state index in [1.54, 1.807) is 13.0 Å². The fraction of sp³-hybridized carbons (Fsp3) is 0.696. The van der Waals surface area contributed by atoms with Gasteiger partial charge in [-0.15, -0.1) is 0 Å². The number of carboxylic acid groups (broad SMARTS) is 1. The number of aryl methyl sites for hydroxylation is 1. The smallest absolute Gasteiger partial charge is 0.339 e. The van der Waals surface area contributed by atoms with Crippen LogP contribution < -0.4 is 4.74 Å². The lowest BCUT2D eigenvalue weighted by atomic mass is 9.44. The highest BCUT2D eigenvalue weighted by atomic mass is 16.5. The van der Waals surface area contributed by atoms with Gasteiger partial charge in [0.2, 0.25) is 0 Å². The molecule has 2 saturated carbocycles. The number of benzene rings is 1. The van der Waals surface area contributed by atoms with Gasteiger partial charge in [0, 0.05) is 11.5 Å². The van der Waals surface area contributed by atoms with Crippen LogP contribution in [0.4, 0.5) is 0 Å². The zero-order chi connectivity index (χ0) is 19.8. The van der Waals surface area contributed by atoms with Crippen molar-refractivity contribution in [3.05, 3.63) is 22.8 Å². The minimum Gasteiger partial charge on any atom is -0.507 e. The molecule has 0 amide bonds. The number of ether oxygens (including phenoxy) is 1. The van der Waals surface area contributed by atoms with Gasteiger partial charge in [-0.1, -0.05) is 27.2 Å². The Kier molecular flexibility index (Phi) is 3.90. The molecule has 27 heavy (non-hydrogen) atoms. The van der Waals surface area contributed by atoms with E-state index in [1.165, 1.54) is 25.7 Å². The van der Waals surface area contributed by atoms with Crippen LogP contribution in [0.15, 0.2) is 6.07 Å². The molecular formula is C23H32O4. The van der Waals surface area contributed by atoms with Gasteiger partial charge in [-0.05, 0) is 74.3 Å². The Morgan fingerprint density at radius 2 is 1.85 bits per heavy atom. The SMILES string of the molecule is Cc1cc2c(c(O)c1C(=O)O)CC1[C@@]3(C)CCCC(C)(C)C3CC[C@@]1(C)O2. The molecule has 0 aromatic heterocycles. The van der Waals surface area contributed by atoms with Gasteiger partial charge in [-0.2, -0.15) is 0 Å². The number of rotatable bonds is 1. The third-order valence-corrected chi connectivity index (χ3v) is 8.27. The van der Waals surface area contributed by atoms with Crippen molar-refractivity contribution in [1.82, 2.24) is 0 Å². The molecule has 3 aliphatic rings. The maximum absolute atomic E-state index is 11.6. The van der Waals surface area contributed by atoms with Crippen LogP contribution >= 0.6 is 0 Å². The molecule has 2 unspecified atom stereocenters. The molecule has 2 aliphatic carbocycles. The number of hydrogen-bond acceptors (Lipinski definition) is 3. The van der Waals surface area contributed by atoms with Crippen molar-refractivity contribution in [1.29, 1.82) is 0 Å². The van der Waals surface area contributed by atoms with Crippen LogP contribution in [-0.2, 0) is 6.42 Å². The minimum absolute atomic E-state index is 0.0161. The van der Waals surface area contributed by atoms with E-state index >= 15 is 0 Å². The predicted molar refractivity (Wildman–Crippen MR) is 104 cm³/mol. The minimum atomic E-state index is -1.08. The molecule has 4 rings (SSSR count). The van der Waals surface area contributed by atoms with Crippen LogP contribution in [0.3, 0.4) is 0 Å². The van der Waals surface area contributed by atoms with Crippen LogP contribution in [0.1, 0.15) is 81.3 Å². The topological polar surface area (TPSA) is 66.8 Å². The number of carboxylic acids is 1. The van der Waals surface area contributed by atoms with E-state index in [9.17, 15) is 15.0 Å². The van der Waals surface area contributed by atoms with Gasteiger partial charge in [0.05, 0.1) is 0 Å². The number of hydrogen-bond donors (Lipinski definition) is 2. The average molecular weight is 373 g/mol. The van der Waals surface area contributed by atoms with Gasteiger partial charge in [0.1, 0.15) is 22.7 Å². The molecule has 1 heterocycles. The van der Waals surface area contributed by atoms with Crippen LogP contribution in [0.5, 0.6) is 11.5 Å². The maximum Gasteiger partial charge on any atom is 0.339 e. The summed E-state index contributed by atoms with van der Waals surface area (Å²) in [7, 11) is 0. The molecule has 1 aliphatic heterocycles. The molecule has 4 heteroatoms. The standard InChI is InChI=1S/C23H32O4/c1-13-11-15-14(19(24)18(13)20(25)26)12-17-22(4)9-6-8-21(2,3)16(22)7-10-23(17,5)27-15/h11,16-17,24H,6-10,12H2,1-5H3,(H,25,26)/t16?,17?,22-,23+/m0/s1. The first-order chi connectivity index (χ1) is 12.5. The van der Waals surface area contributed by atoms with Crippen LogP contribution in [-0.4, -0.2) is 21.8 Å². The maximum atomic E-state index is 11.6. The summed E-state index contributed by atoms with van der Waals surface area (Å²) in [6.07, 6.45) is 6.55. The zero-order valence-corrected chi connectivity index (χ0v) is 17.2. The van der Waals surface area contributed by atoms with E-state index in [0.29, 0.717) is 34.6 Å². The monoisotopic (exact) mass is 372 g/mol. The second-order valence-electron chi connectivity index (χ2n) is 10.3. The predicted octanol–water partition coefficient (Wildman–Crippen LogP) is 5.34. The molecule has 0 bridgehead atoms. The van der Waals surface area contributed by atoms with Crippen molar-refractivity contribution in [3.63, 3.8) is 0 Å². The highest BCUT2D eigenvalue weighted by Crippen LogP contribution is 2.65. The van der Waals surface area contributed by atoms with E-state index in [2.05, 4.69) is 27.7 Å². The highest BCUT2D eigenvalue weighted by molar-refractivity contribution is 5.93. The second-order valence-corrected chi connectivity index (χ2v) is 10.3. The number of carbonyl (C=O) groups is 1. The number of fused-ring (bicyclic) bond motifs is 4. The summed E-state index contributed by atoms with van der Waals surface area (Å²) in [6.45, 7) is 11.2. The Morgan fingerprint density at radius 1 is 1.15 bits per heavy atom. The Hall–Kier alpha value is -1.71. The molecule has 4 nitrogen and oxygen atoms in total. The highest BCUT2D eigenvalue weighted by Gasteiger charge is 2.60. The zero-order valence-electron chi connectivity index (χ0n) is 17.2. The van der Waals surface area contributed by atoms with Crippen molar-refractivity contribution in [2.24, 2.45) is 22.7 Å². The molecule has 1 aromatic rings. The van der Waals surface area contributed by atoms with E-state index < -0.39 is 5.97 Å². The lowest BCUT2D eigenvalue weighted by Gasteiger charge is -2.63. The van der Waals surface area contributed by atoms with Crippen LogP contribution in [0, 0.1) is 29.6 Å². The van der Waals surface area contributed by atoms with Gasteiger partial charge in [0.25, 0.3) is 0 Å². The van der Waals surface area contributed by atoms with Crippen molar-refractivity contribution in [2.75, 3.05) is 0 Å². The second kappa shape index (κ2) is 5.65. The first-order valence-corrected chi connectivity index (χ1v) is 10.3. The summed E-state index contributed by atoms with van der Waals surface area (Å²) in [5, 5.41) is 20.3. The van der Waals surface area contributed by atoms with Crippen molar-refractivity contribution in [3.8, 4) is 11.5 Å². The average Bonchev–Trinajstić information content (AvgIpc) is 2.51. The Bertz CT molecular complexity index is 811. The number of aromatic carboxylic acids is 1.